The fourth-order valence-corrected chi connectivity index (χ4v) is 0. The zero-order valence-corrected chi connectivity index (χ0v) is 8.79. The first-order chi connectivity index (χ1) is 5.73. The molecule has 0 saturated carbocycles. The topological polar surface area (TPSA) is 77.3 Å². The highest BCUT2D eigenvalue weighted by atomic mass is 16.6. The van der Waals surface area contributed by atoms with Gasteiger partial charge in [0.15, 0.2) is 7.05 Å². The van der Waals surface area contributed by atoms with Gasteiger partial charge in [-0.3, -0.25) is 10.1 Å². The van der Waals surface area contributed by atoms with Crippen molar-refractivity contribution >= 4 is 11.6 Å². The zero-order chi connectivity index (χ0) is 11.4. The number of nitrogens with zero attached hydrogens (tertiary/aromatic N) is 1. The molecule has 0 unspecified atom stereocenters. The number of hydrogen-bond acceptors (Lipinski definition) is 4. The second kappa shape index (κ2) is 13.3. The van der Waals surface area contributed by atoms with Gasteiger partial charge in [0, 0.05) is 11.3 Å². The predicted molar refractivity (Wildman–Crippen MR) is 50.2 cm³/mol. The van der Waals surface area contributed by atoms with Gasteiger partial charge >= 0.3 is 0 Å². The van der Waals surface area contributed by atoms with Gasteiger partial charge in [0.05, 0.1) is 0 Å². The van der Waals surface area contributed by atoms with Crippen LogP contribution < -0.4 is 0 Å². The van der Waals surface area contributed by atoms with E-state index in [2.05, 4.69) is 0 Å². The summed E-state index contributed by atoms with van der Waals surface area (Å²) >= 11 is 0. The van der Waals surface area contributed by atoms with E-state index in [4.69, 9.17) is 10.1 Å². The van der Waals surface area contributed by atoms with Crippen LogP contribution in [0.4, 0.5) is 0 Å². The van der Waals surface area contributed by atoms with Crippen molar-refractivity contribution in [3.8, 4) is 0 Å². The van der Waals surface area contributed by atoms with Crippen LogP contribution in [0.25, 0.3) is 0 Å². The van der Waals surface area contributed by atoms with Crippen LogP contribution in [0.1, 0.15) is 34.1 Å². The highest BCUT2D eigenvalue weighted by molar-refractivity contribution is 5.74. The Labute approximate surface area is 78.3 Å². The smallest absolute Gasteiger partial charge is 0.194 e. The van der Waals surface area contributed by atoms with Crippen molar-refractivity contribution in [3.63, 3.8) is 0 Å². The predicted octanol–water partition coefficient (Wildman–Crippen LogP) is 1.47. The highest BCUT2D eigenvalue weighted by Gasteiger charge is 1.76. The molecule has 0 aliphatic carbocycles. The fourth-order valence-electron chi connectivity index (χ4n) is 0. The molecular weight excluding hydrogens is 174 g/mol. The van der Waals surface area contributed by atoms with Crippen molar-refractivity contribution in [1.29, 1.82) is 0 Å². The lowest BCUT2D eigenvalue weighted by molar-refractivity contribution is -0.445. The van der Waals surface area contributed by atoms with Crippen LogP contribution in [0.15, 0.2) is 0 Å². The van der Waals surface area contributed by atoms with Crippen LogP contribution in [-0.2, 0) is 9.59 Å². The summed E-state index contributed by atoms with van der Waals surface area (Å²) in [6.07, 6.45) is 0.667. The Kier molecular flexibility index (Phi) is 18.2. The van der Waals surface area contributed by atoms with E-state index in [1.165, 1.54) is 13.8 Å². The first-order valence-electron chi connectivity index (χ1n) is 3.78. The molecule has 0 heterocycles. The SMILES string of the molecule is CC(C)=O.CCC(C)=O.C[N+](=O)[O-]. The van der Waals surface area contributed by atoms with Gasteiger partial charge in [-0.15, -0.1) is 0 Å². The van der Waals surface area contributed by atoms with Crippen molar-refractivity contribution in [2.45, 2.75) is 34.1 Å². The fraction of sp³-hybridized carbons (Fsp3) is 0.750. The van der Waals surface area contributed by atoms with Crippen molar-refractivity contribution in [1.82, 2.24) is 0 Å². The summed E-state index contributed by atoms with van der Waals surface area (Å²) < 4.78 is 0. The largest absolute Gasteiger partial charge is 0.300 e. The third kappa shape index (κ3) is 1500. The monoisotopic (exact) mass is 191 g/mol. The second-order valence-corrected chi connectivity index (χ2v) is 2.40. The molecular formula is C8H17NO4. The molecule has 5 heteroatoms. The van der Waals surface area contributed by atoms with E-state index in [1.807, 2.05) is 6.92 Å². The number of hydrogen-bond donors (Lipinski definition) is 0. The van der Waals surface area contributed by atoms with E-state index >= 15 is 0 Å². The van der Waals surface area contributed by atoms with Crippen molar-refractivity contribution in [2.24, 2.45) is 0 Å². The number of Topliss-reactive ketones (excluding diaryl/α,β-unsaturated/α-hetero) is 2. The molecule has 0 aliphatic rings. The molecule has 13 heavy (non-hydrogen) atoms. The Bertz CT molecular complexity index is 146. The molecule has 0 aromatic heterocycles. The van der Waals surface area contributed by atoms with Crippen LogP contribution in [-0.4, -0.2) is 23.5 Å². The quantitative estimate of drug-likeness (QED) is 0.464. The third-order valence-corrected chi connectivity index (χ3v) is 0.498. The Morgan fingerprint density at radius 3 is 1.31 bits per heavy atom. The number of carbonyl (C=O) groups is 2. The van der Waals surface area contributed by atoms with Crippen LogP contribution in [0.5, 0.6) is 0 Å². The van der Waals surface area contributed by atoms with E-state index in [-0.39, 0.29) is 11.6 Å². The molecule has 0 bridgehead atoms. The molecule has 0 radical (unpaired) electrons. The maximum atomic E-state index is 9.81. The molecule has 0 aromatic rings. The van der Waals surface area contributed by atoms with Crippen LogP contribution in [0.3, 0.4) is 0 Å². The van der Waals surface area contributed by atoms with Gasteiger partial charge in [-0.1, -0.05) is 6.92 Å². The van der Waals surface area contributed by atoms with Gasteiger partial charge < -0.3 is 9.59 Å². The standard InChI is InChI=1S/C4H8O.C3H6O.CH3NO2/c1-3-4(2)5;1-3(2)4;1-2(3)4/h3H2,1-2H3;1-2H3;1H3. The van der Waals surface area contributed by atoms with Crippen LogP contribution in [0, 0.1) is 10.1 Å². The Hall–Kier alpha value is -1.26. The van der Waals surface area contributed by atoms with Gasteiger partial charge in [0.1, 0.15) is 11.6 Å². The summed E-state index contributed by atoms with van der Waals surface area (Å²) in [6, 6.07) is 0. The molecule has 0 atom stereocenters. The summed E-state index contributed by atoms with van der Waals surface area (Å²) in [6.45, 7) is 6.49. The highest BCUT2D eigenvalue weighted by Crippen LogP contribution is 1.71. The maximum absolute atomic E-state index is 9.81. The maximum Gasteiger partial charge on any atom is 0.194 e. The molecule has 0 rings (SSSR count). The average molecular weight is 191 g/mol. The molecule has 0 saturated heterocycles. The average Bonchev–Trinajstić information content (AvgIpc) is 1.84. The summed E-state index contributed by atoms with van der Waals surface area (Å²) in [7, 11) is 0.889. The Balaban J connectivity index is -0.000000117. The first kappa shape index (κ1) is 17.7. The van der Waals surface area contributed by atoms with Gasteiger partial charge in [0.25, 0.3) is 0 Å². The second-order valence-electron chi connectivity index (χ2n) is 2.40. The van der Waals surface area contributed by atoms with Gasteiger partial charge in [-0.2, -0.15) is 0 Å². The lowest BCUT2D eigenvalue weighted by atomic mass is 10.4. The Morgan fingerprint density at radius 2 is 1.31 bits per heavy atom. The minimum Gasteiger partial charge on any atom is -0.300 e. The van der Waals surface area contributed by atoms with Gasteiger partial charge in [0.2, 0.25) is 0 Å². The molecule has 0 N–H and O–H groups in total. The zero-order valence-electron chi connectivity index (χ0n) is 8.79. The van der Waals surface area contributed by atoms with Gasteiger partial charge in [-0.05, 0) is 20.8 Å². The molecule has 5 nitrogen and oxygen atoms in total. The van der Waals surface area contributed by atoms with Crippen LogP contribution >= 0.6 is 0 Å². The molecule has 0 amide bonds. The van der Waals surface area contributed by atoms with Crippen molar-refractivity contribution in [2.75, 3.05) is 7.05 Å². The van der Waals surface area contributed by atoms with E-state index in [0.717, 1.165) is 7.05 Å². The van der Waals surface area contributed by atoms with E-state index in [1.54, 1.807) is 6.92 Å². The number of nitro groups is 1. The summed E-state index contributed by atoms with van der Waals surface area (Å²) in [4.78, 5) is 27.6. The number of carbonyl (C=O) groups excluding carboxylic acids is 2. The summed E-state index contributed by atoms with van der Waals surface area (Å²) in [5.41, 5.74) is 0. The molecule has 78 valence electrons. The minimum atomic E-state index is -0.500. The molecule has 0 aliphatic heterocycles. The van der Waals surface area contributed by atoms with E-state index < -0.39 is 4.92 Å². The Morgan fingerprint density at radius 1 is 1.23 bits per heavy atom. The molecule has 0 aromatic carbocycles. The van der Waals surface area contributed by atoms with Crippen molar-refractivity contribution < 1.29 is 14.5 Å². The summed E-state index contributed by atoms with van der Waals surface area (Å²) in [5, 5.41) is 8.81. The lowest BCUT2D eigenvalue weighted by Gasteiger charge is -1.71. The summed E-state index contributed by atoms with van der Waals surface area (Å²) in [5.74, 6) is 0.421. The lowest BCUT2D eigenvalue weighted by Crippen LogP contribution is -1.80. The first-order valence-corrected chi connectivity index (χ1v) is 3.78. The van der Waals surface area contributed by atoms with Gasteiger partial charge in [-0.25, -0.2) is 0 Å². The van der Waals surface area contributed by atoms with E-state index in [0.29, 0.717) is 6.42 Å². The minimum absolute atomic E-state index is 0.167. The van der Waals surface area contributed by atoms with Crippen LogP contribution in [0.2, 0.25) is 0 Å². The van der Waals surface area contributed by atoms with Crippen molar-refractivity contribution in [3.05, 3.63) is 10.1 Å². The molecule has 0 spiro atoms. The number of ketones is 2. The normalized spacial score (nSPS) is 6.85. The third-order valence-electron chi connectivity index (χ3n) is 0.498. The number of rotatable bonds is 1. The van der Waals surface area contributed by atoms with E-state index in [9.17, 15) is 9.59 Å². The molecule has 0 fully saturated rings.